The summed E-state index contributed by atoms with van der Waals surface area (Å²) in [7, 11) is 0. The van der Waals surface area contributed by atoms with Gasteiger partial charge in [0.1, 0.15) is 0 Å². The Kier molecular flexibility index (Phi) is 11.3. The Labute approximate surface area is 167 Å². The van der Waals surface area contributed by atoms with Gasteiger partial charge in [-0.25, -0.2) is 4.98 Å². The van der Waals surface area contributed by atoms with Crippen molar-refractivity contribution in [1.29, 1.82) is 0 Å². The van der Waals surface area contributed by atoms with Gasteiger partial charge in [0.25, 0.3) is 0 Å². The van der Waals surface area contributed by atoms with Crippen LogP contribution in [0.3, 0.4) is 0 Å². The molecule has 1 aromatic heterocycles. The lowest BCUT2D eigenvalue weighted by molar-refractivity contribution is 0.665. The Morgan fingerprint density at radius 2 is 2.12 bits per heavy atom. The average Bonchev–Trinajstić information content (AvgIpc) is 3.04. The molecule has 0 spiro atoms. The van der Waals surface area contributed by atoms with Gasteiger partial charge in [0.15, 0.2) is 5.96 Å². The number of nitrogens with one attached hydrogen (secondary N) is 2. The lowest BCUT2D eigenvalue weighted by atomic mass is 9.97. The Morgan fingerprint density at radius 3 is 2.79 bits per heavy atom. The number of aromatic nitrogens is 1. The third-order valence-electron chi connectivity index (χ3n) is 4.01. The molecule has 0 saturated heterocycles. The highest BCUT2D eigenvalue weighted by Gasteiger charge is 2.04. The average molecular weight is 462 g/mol. The van der Waals surface area contributed by atoms with Crippen molar-refractivity contribution in [3.63, 3.8) is 0 Å². The van der Waals surface area contributed by atoms with E-state index in [9.17, 15) is 0 Å². The Hall–Kier alpha value is -0.630. The van der Waals surface area contributed by atoms with E-state index in [1.807, 2.05) is 6.20 Å². The molecule has 24 heavy (non-hydrogen) atoms. The van der Waals surface area contributed by atoms with Gasteiger partial charge in [0, 0.05) is 37.1 Å². The van der Waals surface area contributed by atoms with E-state index in [-0.39, 0.29) is 24.0 Å². The summed E-state index contributed by atoms with van der Waals surface area (Å²) in [5.41, 5.74) is 1.61. The third kappa shape index (κ3) is 7.96. The van der Waals surface area contributed by atoms with Crippen molar-refractivity contribution in [3.8, 4) is 0 Å². The molecule has 2 N–H and O–H groups in total. The smallest absolute Gasteiger partial charge is 0.191 e. The summed E-state index contributed by atoms with van der Waals surface area (Å²) in [5, 5.41) is 7.97. The Bertz CT molecular complexity index is 525. The number of halogens is 1. The van der Waals surface area contributed by atoms with Crippen molar-refractivity contribution in [1.82, 2.24) is 15.6 Å². The second-order valence-electron chi connectivity index (χ2n) is 5.87. The molecule has 6 heteroatoms. The van der Waals surface area contributed by atoms with E-state index in [2.05, 4.69) is 40.5 Å². The minimum atomic E-state index is 0. The summed E-state index contributed by atoms with van der Waals surface area (Å²) in [6.45, 7) is 6.93. The number of guanidine groups is 1. The molecule has 136 valence electrons. The van der Waals surface area contributed by atoms with Crippen molar-refractivity contribution >= 4 is 41.3 Å². The van der Waals surface area contributed by atoms with Crippen LogP contribution in [0.5, 0.6) is 0 Å². The van der Waals surface area contributed by atoms with Crippen LogP contribution in [0.1, 0.15) is 55.8 Å². The van der Waals surface area contributed by atoms with Crippen LogP contribution in [0.25, 0.3) is 0 Å². The molecule has 0 aliphatic heterocycles. The fourth-order valence-corrected chi connectivity index (χ4v) is 3.56. The van der Waals surface area contributed by atoms with Gasteiger partial charge < -0.3 is 10.6 Å². The second-order valence-corrected chi connectivity index (χ2v) is 7.07. The van der Waals surface area contributed by atoms with Crippen molar-refractivity contribution in [3.05, 3.63) is 27.7 Å². The molecular formula is C18H31IN4S. The maximum absolute atomic E-state index is 4.67. The summed E-state index contributed by atoms with van der Waals surface area (Å²) in [4.78, 5) is 10.5. The zero-order valence-electron chi connectivity index (χ0n) is 14.9. The molecule has 1 aromatic rings. The van der Waals surface area contributed by atoms with Crippen LogP contribution in [0, 0.1) is 0 Å². The molecule has 0 bridgehead atoms. The predicted molar refractivity (Wildman–Crippen MR) is 116 cm³/mol. The van der Waals surface area contributed by atoms with Gasteiger partial charge in [-0.2, -0.15) is 0 Å². The molecule has 1 aliphatic rings. The van der Waals surface area contributed by atoms with E-state index in [1.165, 1.54) is 35.6 Å². The van der Waals surface area contributed by atoms with E-state index in [0.29, 0.717) is 0 Å². The highest BCUT2D eigenvalue weighted by Crippen LogP contribution is 2.19. The lowest BCUT2D eigenvalue weighted by Crippen LogP contribution is -2.38. The summed E-state index contributed by atoms with van der Waals surface area (Å²) in [6.07, 6.45) is 12.8. The molecule has 0 radical (unpaired) electrons. The fourth-order valence-electron chi connectivity index (χ4n) is 2.71. The minimum Gasteiger partial charge on any atom is -0.357 e. The van der Waals surface area contributed by atoms with Crippen molar-refractivity contribution in [2.75, 3.05) is 19.6 Å². The van der Waals surface area contributed by atoms with Crippen molar-refractivity contribution in [2.24, 2.45) is 4.99 Å². The maximum atomic E-state index is 4.67. The van der Waals surface area contributed by atoms with E-state index >= 15 is 0 Å². The number of hydrogen-bond acceptors (Lipinski definition) is 3. The van der Waals surface area contributed by atoms with E-state index in [1.54, 1.807) is 16.9 Å². The highest BCUT2D eigenvalue weighted by atomic mass is 127. The number of rotatable bonds is 8. The molecule has 0 atom stereocenters. The molecule has 0 fully saturated rings. The lowest BCUT2D eigenvalue weighted by Gasteiger charge is -2.15. The first-order valence-corrected chi connectivity index (χ1v) is 9.77. The van der Waals surface area contributed by atoms with E-state index in [0.717, 1.165) is 44.9 Å². The first-order chi connectivity index (χ1) is 11.3. The van der Waals surface area contributed by atoms with Crippen LogP contribution in [0.2, 0.25) is 0 Å². The van der Waals surface area contributed by atoms with Gasteiger partial charge in [-0.1, -0.05) is 18.6 Å². The molecule has 0 amide bonds. The van der Waals surface area contributed by atoms with Crippen LogP contribution < -0.4 is 10.6 Å². The summed E-state index contributed by atoms with van der Waals surface area (Å²) < 4.78 is 0. The minimum absolute atomic E-state index is 0. The van der Waals surface area contributed by atoms with Gasteiger partial charge in [0.05, 0.1) is 5.01 Å². The third-order valence-corrected chi connectivity index (χ3v) is 5.21. The van der Waals surface area contributed by atoms with Gasteiger partial charge >= 0.3 is 0 Å². The Morgan fingerprint density at radius 1 is 1.25 bits per heavy atom. The number of hydrogen-bond donors (Lipinski definition) is 2. The fraction of sp³-hybridized carbons (Fsp3) is 0.667. The van der Waals surface area contributed by atoms with Crippen molar-refractivity contribution in [2.45, 2.75) is 58.8 Å². The van der Waals surface area contributed by atoms with Crippen LogP contribution in [0.4, 0.5) is 0 Å². The van der Waals surface area contributed by atoms with Gasteiger partial charge in [0.2, 0.25) is 0 Å². The molecule has 0 saturated carbocycles. The van der Waals surface area contributed by atoms with Crippen LogP contribution in [0.15, 0.2) is 22.8 Å². The summed E-state index contributed by atoms with van der Waals surface area (Å²) in [6, 6.07) is 0. The molecular weight excluding hydrogens is 431 g/mol. The molecule has 2 rings (SSSR count). The molecule has 1 aliphatic carbocycles. The summed E-state index contributed by atoms with van der Waals surface area (Å²) in [5.74, 6) is 0.927. The zero-order chi connectivity index (χ0) is 16.3. The number of aryl methyl sites for hydroxylation is 1. The Balaban J connectivity index is 0.00000288. The normalized spacial score (nSPS) is 14.8. The molecule has 4 nitrogen and oxygen atoms in total. The van der Waals surface area contributed by atoms with Gasteiger partial charge in [-0.3, -0.25) is 4.99 Å². The van der Waals surface area contributed by atoms with Crippen LogP contribution >= 0.6 is 35.3 Å². The van der Waals surface area contributed by atoms with E-state index < -0.39 is 0 Å². The second kappa shape index (κ2) is 12.7. The quantitative estimate of drug-likeness (QED) is 0.262. The number of allylic oxidation sites excluding steroid dienone is 1. The number of thiazole rings is 1. The molecule has 0 unspecified atom stereocenters. The van der Waals surface area contributed by atoms with Gasteiger partial charge in [-0.05, 0) is 45.4 Å². The van der Waals surface area contributed by atoms with Crippen molar-refractivity contribution < 1.29 is 0 Å². The maximum Gasteiger partial charge on any atom is 0.191 e. The topological polar surface area (TPSA) is 49.3 Å². The first kappa shape index (κ1) is 21.4. The van der Waals surface area contributed by atoms with Gasteiger partial charge in [-0.15, -0.1) is 35.3 Å². The monoisotopic (exact) mass is 462 g/mol. The predicted octanol–water partition coefficient (Wildman–Crippen LogP) is 4.31. The first-order valence-electron chi connectivity index (χ1n) is 8.95. The van der Waals surface area contributed by atoms with E-state index in [4.69, 9.17) is 0 Å². The zero-order valence-corrected chi connectivity index (χ0v) is 18.1. The standard InChI is InChI=1S/C18H30N4S.HI/c1-3-16-14-22-17(23-16)11-13-21-18(19-4-2)20-12-10-15-8-6-5-7-9-15;/h8,14H,3-7,9-13H2,1-2H3,(H2,19,20,21);1H. The number of aliphatic imine (C=N–C) groups is 1. The SMILES string of the molecule is CCNC(=NCCc1ncc(CC)s1)NCCC1=CCCCC1.I. The number of nitrogens with zero attached hydrogens (tertiary/aromatic N) is 2. The largest absolute Gasteiger partial charge is 0.357 e. The van der Waals surface area contributed by atoms with Crippen LogP contribution in [-0.2, 0) is 12.8 Å². The summed E-state index contributed by atoms with van der Waals surface area (Å²) >= 11 is 1.81. The molecule has 0 aromatic carbocycles. The van der Waals surface area contributed by atoms with Crippen LogP contribution in [-0.4, -0.2) is 30.6 Å². The molecule has 1 heterocycles. The highest BCUT2D eigenvalue weighted by molar-refractivity contribution is 14.0.